The monoisotopic (exact) mass is 343 g/mol. The minimum Gasteiger partial charge on any atom is -0.393 e. The summed E-state index contributed by atoms with van der Waals surface area (Å²) in [4.78, 5) is 12.1. The van der Waals surface area contributed by atoms with Crippen LogP contribution in [0, 0.1) is 5.92 Å². The summed E-state index contributed by atoms with van der Waals surface area (Å²) >= 11 is 3.35. The van der Waals surface area contributed by atoms with Crippen LogP contribution in [0.15, 0.2) is 15.5 Å². The van der Waals surface area contributed by atoms with Crippen LogP contribution in [-0.4, -0.2) is 27.5 Å². The zero-order valence-corrected chi connectivity index (χ0v) is 13.4. The van der Waals surface area contributed by atoms with E-state index in [0.717, 1.165) is 32.1 Å². The van der Waals surface area contributed by atoms with E-state index in [1.165, 1.54) is 4.68 Å². The lowest BCUT2D eigenvalue weighted by molar-refractivity contribution is 0.138. The average Bonchev–Trinajstić information content (AvgIpc) is 2.85. The predicted molar refractivity (Wildman–Crippen MR) is 82.9 cm³/mol. The van der Waals surface area contributed by atoms with Crippen LogP contribution >= 0.6 is 15.9 Å². The van der Waals surface area contributed by atoms with Crippen molar-refractivity contribution in [2.45, 2.75) is 51.7 Å². The molecular formula is C14H22BrN3O2. The van der Waals surface area contributed by atoms with Gasteiger partial charge < -0.3 is 10.4 Å². The third-order valence-electron chi connectivity index (χ3n) is 3.88. The molecule has 1 aliphatic carbocycles. The molecule has 1 aliphatic rings. The van der Waals surface area contributed by atoms with E-state index in [0.29, 0.717) is 23.2 Å². The number of aliphatic hydroxyl groups excluding tert-OH is 1. The lowest BCUT2D eigenvalue weighted by Crippen LogP contribution is -2.26. The summed E-state index contributed by atoms with van der Waals surface area (Å²) < 4.78 is 2.01. The number of anilines is 1. The van der Waals surface area contributed by atoms with Crippen LogP contribution in [-0.2, 0) is 6.54 Å². The van der Waals surface area contributed by atoms with Gasteiger partial charge in [-0.05, 0) is 35.2 Å². The summed E-state index contributed by atoms with van der Waals surface area (Å²) in [6.07, 6.45) is 6.43. The van der Waals surface area contributed by atoms with E-state index in [-0.39, 0.29) is 17.6 Å². The third-order valence-corrected chi connectivity index (χ3v) is 4.65. The number of nitrogens with one attached hydrogen (secondary N) is 1. The molecule has 0 aromatic carbocycles. The van der Waals surface area contributed by atoms with Crippen molar-refractivity contribution < 1.29 is 5.11 Å². The van der Waals surface area contributed by atoms with Crippen LogP contribution in [0.3, 0.4) is 0 Å². The van der Waals surface area contributed by atoms with Gasteiger partial charge in [0, 0.05) is 19.0 Å². The molecule has 2 atom stereocenters. The zero-order valence-electron chi connectivity index (χ0n) is 11.8. The Labute approximate surface area is 127 Å². The van der Waals surface area contributed by atoms with Crippen molar-refractivity contribution in [1.29, 1.82) is 0 Å². The van der Waals surface area contributed by atoms with Crippen LogP contribution in [0.5, 0.6) is 0 Å². The summed E-state index contributed by atoms with van der Waals surface area (Å²) in [5.41, 5.74) is 0.609. The number of hydrogen-bond acceptors (Lipinski definition) is 4. The molecule has 2 N–H and O–H groups in total. The van der Waals surface area contributed by atoms with Gasteiger partial charge in [-0.15, -0.1) is 0 Å². The molecule has 1 aromatic rings. The Balaban J connectivity index is 2.01. The van der Waals surface area contributed by atoms with Gasteiger partial charge in [0.15, 0.2) is 0 Å². The van der Waals surface area contributed by atoms with Gasteiger partial charge in [-0.1, -0.05) is 19.8 Å². The highest BCUT2D eigenvalue weighted by Crippen LogP contribution is 2.26. The van der Waals surface area contributed by atoms with Crippen LogP contribution in [0.25, 0.3) is 0 Å². The predicted octanol–water partition coefficient (Wildman–Crippen LogP) is 2.38. The Morgan fingerprint density at radius 3 is 3.00 bits per heavy atom. The standard InChI is InChI=1S/C14H22BrN3O2/c1-2-3-7-18-14(20)13(15)11(9-17-18)16-8-10-5-4-6-12(10)19/h9-10,12,16,19H,2-8H2,1H3. The molecule has 0 spiro atoms. The van der Waals surface area contributed by atoms with E-state index in [4.69, 9.17) is 0 Å². The number of halogens is 1. The first-order valence-electron chi connectivity index (χ1n) is 7.31. The Hall–Kier alpha value is -0.880. The molecule has 112 valence electrons. The highest BCUT2D eigenvalue weighted by molar-refractivity contribution is 9.10. The number of aromatic nitrogens is 2. The molecule has 2 rings (SSSR count). The van der Waals surface area contributed by atoms with Crippen molar-refractivity contribution >= 4 is 21.6 Å². The van der Waals surface area contributed by atoms with Crippen molar-refractivity contribution in [2.75, 3.05) is 11.9 Å². The molecule has 6 heteroatoms. The summed E-state index contributed by atoms with van der Waals surface area (Å²) in [7, 11) is 0. The van der Waals surface area contributed by atoms with E-state index in [2.05, 4.69) is 33.3 Å². The number of rotatable bonds is 6. The van der Waals surface area contributed by atoms with E-state index in [1.54, 1.807) is 6.20 Å². The Bertz CT molecular complexity index is 504. The Morgan fingerprint density at radius 2 is 2.35 bits per heavy atom. The first kappa shape index (κ1) is 15.5. The van der Waals surface area contributed by atoms with Gasteiger partial charge in [0.2, 0.25) is 0 Å². The molecule has 0 aliphatic heterocycles. The largest absolute Gasteiger partial charge is 0.393 e. The lowest BCUT2D eigenvalue weighted by atomic mass is 10.1. The second-order valence-electron chi connectivity index (χ2n) is 5.39. The molecule has 0 bridgehead atoms. The Morgan fingerprint density at radius 1 is 1.55 bits per heavy atom. The molecule has 2 unspecified atom stereocenters. The number of aryl methyl sites for hydroxylation is 1. The number of hydrogen-bond donors (Lipinski definition) is 2. The number of nitrogens with zero attached hydrogens (tertiary/aromatic N) is 2. The SMILES string of the molecule is CCCCn1ncc(NCC2CCCC2O)c(Br)c1=O. The van der Waals surface area contributed by atoms with Crippen LogP contribution < -0.4 is 10.9 Å². The molecule has 1 saturated carbocycles. The smallest absolute Gasteiger partial charge is 0.283 e. The Kier molecular flexibility index (Phi) is 5.60. The molecule has 1 fully saturated rings. The summed E-state index contributed by atoms with van der Waals surface area (Å²) in [5, 5.41) is 17.2. The maximum Gasteiger partial charge on any atom is 0.283 e. The van der Waals surface area contributed by atoms with Crippen LogP contribution in [0.1, 0.15) is 39.0 Å². The first-order chi connectivity index (χ1) is 9.63. The quantitative estimate of drug-likeness (QED) is 0.832. The molecule has 5 nitrogen and oxygen atoms in total. The molecule has 1 aromatic heterocycles. The first-order valence-corrected chi connectivity index (χ1v) is 8.10. The molecule has 0 saturated heterocycles. The highest BCUT2D eigenvalue weighted by Gasteiger charge is 2.25. The topological polar surface area (TPSA) is 67.2 Å². The van der Waals surface area contributed by atoms with Gasteiger partial charge in [-0.3, -0.25) is 4.79 Å². The van der Waals surface area contributed by atoms with Crippen LogP contribution in [0.4, 0.5) is 5.69 Å². The van der Waals surface area contributed by atoms with Crippen molar-refractivity contribution in [2.24, 2.45) is 5.92 Å². The third kappa shape index (κ3) is 3.61. The minimum absolute atomic E-state index is 0.101. The fourth-order valence-electron chi connectivity index (χ4n) is 2.55. The molecule has 20 heavy (non-hydrogen) atoms. The van der Waals surface area contributed by atoms with Gasteiger partial charge in [-0.25, -0.2) is 4.68 Å². The van der Waals surface area contributed by atoms with Gasteiger partial charge in [-0.2, -0.15) is 5.10 Å². The molecule has 0 radical (unpaired) electrons. The second-order valence-corrected chi connectivity index (χ2v) is 6.19. The van der Waals surface area contributed by atoms with Crippen molar-refractivity contribution in [1.82, 2.24) is 9.78 Å². The normalized spacial score (nSPS) is 22.1. The van der Waals surface area contributed by atoms with E-state index < -0.39 is 0 Å². The van der Waals surface area contributed by atoms with Crippen LogP contribution in [0.2, 0.25) is 0 Å². The van der Waals surface area contributed by atoms with Crippen molar-refractivity contribution in [3.63, 3.8) is 0 Å². The highest BCUT2D eigenvalue weighted by atomic mass is 79.9. The summed E-state index contributed by atoms with van der Waals surface area (Å²) in [6, 6.07) is 0. The van der Waals surface area contributed by atoms with Gasteiger partial charge >= 0.3 is 0 Å². The molecule has 0 amide bonds. The maximum absolute atomic E-state index is 12.1. The van der Waals surface area contributed by atoms with Gasteiger partial charge in [0.1, 0.15) is 4.47 Å². The van der Waals surface area contributed by atoms with E-state index in [1.807, 2.05) is 0 Å². The summed E-state index contributed by atoms with van der Waals surface area (Å²) in [5.74, 6) is 0.268. The fraction of sp³-hybridized carbons (Fsp3) is 0.714. The minimum atomic E-state index is -0.223. The lowest BCUT2D eigenvalue weighted by Gasteiger charge is -2.16. The van der Waals surface area contributed by atoms with Gasteiger partial charge in [0.25, 0.3) is 5.56 Å². The average molecular weight is 344 g/mol. The van der Waals surface area contributed by atoms with E-state index >= 15 is 0 Å². The zero-order chi connectivity index (χ0) is 14.5. The number of unbranched alkanes of at least 4 members (excludes halogenated alkanes) is 1. The second kappa shape index (κ2) is 7.22. The van der Waals surface area contributed by atoms with Crippen molar-refractivity contribution in [3.05, 3.63) is 21.0 Å². The molecular weight excluding hydrogens is 322 g/mol. The maximum atomic E-state index is 12.1. The van der Waals surface area contributed by atoms with Gasteiger partial charge in [0.05, 0.1) is 18.0 Å². The summed E-state index contributed by atoms with van der Waals surface area (Å²) in [6.45, 7) is 3.42. The van der Waals surface area contributed by atoms with Crippen molar-refractivity contribution in [3.8, 4) is 0 Å². The number of aliphatic hydroxyl groups is 1. The fourth-order valence-corrected chi connectivity index (χ4v) is 3.00. The molecule has 1 heterocycles. The van der Waals surface area contributed by atoms with E-state index in [9.17, 15) is 9.90 Å².